The topological polar surface area (TPSA) is 35.2 Å². The Bertz CT molecular complexity index is 305. The van der Waals surface area contributed by atoms with Gasteiger partial charge in [-0.05, 0) is 24.6 Å². The standard InChI is InChI=1S/C10H13NO/c1-7(2)10-8(11)5-4-6-9(10)12-3/h4-6H,1,11H2,2-3H3. The zero-order valence-corrected chi connectivity index (χ0v) is 7.42. The Hall–Kier alpha value is -1.44. The quantitative estimate of drug-likeness (QED) is 0.679. The molecule has 0 saturated heterocycles. The second-order valence-corrected chi connectivity index (χ2v) is 2.70. The van der Waals surface area contributed by atoms with Gasteiger partial charge in [0.2, 0.25) is 0 Å². The maximum Gasteiger partial charge on any atom is 0.128 e. The molecule has 2 heteroatoms. The zero-order chi connectivity index (χ0) is 9.14. The number of methoxy groups -OCH3 is 1. The summed E-state index contributed by atoms with van der Waals surface area (Å²) in [7, 11) is 1.63. The number of anilines is 1. The van der Waals surface area contributed by atoms with E-state index < -0.39 is 0 Å². The molecule has 64 valence electrons. The number of benzene rings is 1. The summed E-state index contributed by atoms with van der Waals surface area (Å²) >= 11 is 0. The molecule has 1 aromatic rings. The van der Waals surface area contributed by atoms with Crippen molar-refractivity contribution in [2.24, 2.45) is 0 Å². The van der Waals surface area contributed by atoms with Crippen LogP contribution in [0, 0.1) is 0 Å². The van der Waals surface area contributed by atoms with Gasteiger partial charge in [-0.25, -0.2) is 0 Å². The van der Waals surface area contributed by atoms with E-state index in [0.29, 0.717) is 5.69 Å². The van der Waals surface area contributed by atoms with Crippen molar-refractivity contribution < 1.29 is 4.74 Å². The Morgan fingerprint density at radius 2 is 2.17 bits per heavy atom. The van der Waals surface area contributed by atoms with Crippen LogP contribution < -0.4 is 10.5 Å². The molecule has 1 rings (SSSR count). The first kappa shape index (κ1) is 8.65. The largest absolute Gasteiger partial charge is 0.496 e. The second-order valence-electron chi connectivity index (χ2n) is 2.70. The number of nitrogens with two attached hydrogens (primary N) is 1. The molecule has 0 aliphatic heterocycles. The van der Waals surface area contributed by atoms with E-state index in [1.807, 2.05) is 25.1 Å². The molecule has 0 aliphatic carbocycles. The molecule has 0 bridgehead atoms. The highest BCUT2D eigenvalue weighted by molar-refractivity contribution is 5.77. The van der Waals surface area contributed by atoms with Gasteiger partial charge in [0.25, 0.3) is 0 Å². The third kappa shape index (κ3) is 1.42. The average molecular weight is 163 g/mol. The van der Waals surface area contributed by atoms with Crippen molar-refractivity contribution in [1.29, 1.82) is 0 Å². The molecule has 0 amide bonds. The third-order valence-electron chi connectivity index (χ3n) is 1.71. The summed E-state index contributed by atoms with van der Waals surface area (Å²) in [5, 5.41) is 0. The molecular weight excluding hydrogens is 150 g/mol. The molecule has 2 nitrogen and oxygen atoms in total. The van der Waals surface area contributed by atoms with Gasteiger partial charge in [-0.1, -0.05) is 12.6 Å². The maximum absolute atomic E-state index is 5.76. The SMILES string of the molecule is C=C(C)c1c(N)cccc1OC. The van der Waals surface area contributed by atoms with Crippen LogP contribution in [0.3, 0.4) is 0 Å². The van der Waals surface area contributed by atoms with Crippen molar-refractivity contribution >= 4 is 11.3 Å². The maximum atomic E-state index is 5.76. The summed E-state index contributed by atoms with van der Waals surface area (Å²) < 4.78 is 5.15. The highest BCUT2D eigenvalue weighted by Gasteiger charge is 2.05. The number of ether oxygens (including phenoxy) is 1. The van der Waals surface area contributed by atoms with Gasteiger partial charge in [-0.3, -0.25) is 0 Å². The average Bonchev–Trinajstić information content (AvgIpc) is 2.03. The van der Waals surface area contributed by atoms with Gasteiger partial charge in [0.05, 0.1) is 7.11 Å². The molecule has 0 aromatic heterocycles. The lowest BCUT2D eigenvalue weighted by atomic mass is 10.1. The van der Waals surface area contributed by atoms with Crippen molar-refractivity contribution in [2.75, 3.05) is 12.8 Å². The first-order valence-electron chi connectivity index (χ1n) is 3.75. The normalized spacial score (nSPS) is 9.50. The van der Waals surface area contributed by atoms with Crippen molar-refractivity contribution in [3.8, 4) is 5.75 Å². The summed E-state index contributed by atoms with van der Waals surface area (Å²) in [6.45, 7) is 5.75. The molecule has 0 radical (unpaired) electrons. The van der Waals surface area contributed by atoms with Gasteiger partial charge >= 0.3 is 0 Å². The van der Waals surface area contributed by atoms with Crippen molar-refractivity contribution in [1.82, 2.24) is 0 Å². The molecule has 0 heterocycles. The van der Waals surface area contributed by atoms with E-state index in [9.17, 15) is 0 Å². The van der Waals surface area contributed by atoms with Crippen LogP contribution in [0.4, 0.5) is 5.69 Å². The lowest BCUT2D eigenvalue weighted by Crippen LogP contribution is -1.95. The van der Waals surface area contributed by atoms with Gasteiger partial charge in [0, 0.05) is 11.3 Å². The molecule has 0 unspecified atom stereocenters. The van der Waals surface area contributed by atoms with Crippen molar-refractivity contribution in [2.45, 2.75) is 6.92 Å². The molecule has 2 N–H and O–H groups in total. The zero-order valence-electron chi connectivity index (χ0n) is 7.42. The highest BCUT2D eigenvalue weighted by Crippen LogP contribution is 2.29. The summed E-state index contributed by atoms with van der Waals surface area (Å²) in [4.78, 5) is 0. The lowest BCUT2D eigenvalue weighted by Gasteiger charge is -2.09. The minimum atomic E-state index is 0.710. The van der Waals surface area contributed by atoms with Crippen LogP contribution >= 0.6 is 0 Å². The molecule has 12 heavy (non-hydrogen) atoms. The third-order valence-corrected chi connectivity index (χ3v) is 1.71. The van der Waals surface area contributed by atoms with Gasteiger partial charge in [-0.15, -0.1) is 0 Å². The molecule has 1 aromatic carbocycles. The van der Waals surface area contributed by atoms with Gasteiger partial charge in [-0.2, -0.15) is 0 Å². The number of hydrogen-bond donors (Lipinski definition) is 1. The van der Waals surface area contributed by atoms with E-state index in [0.717, 1.165) is 16.9 Å². The van der Waals surface area contributed by atoms with E-state index in [4.69, 9.17) is 10.5 Å². The van der Waals surface area contributed by atoms with E-state index in [1.165, 1.54) is 0 Å². The highest BCUT2D eigenvalue weighted by atomic mass is 16.5. The minimum absolute atomic E-state index is 0.710. The van der Waals surface area contributed by atoms with E-state index in [1.54, 1.807) is 7.11 Å². The first-order valence-corrected chi connectivity index (χ1v) is 3.75. The van der Waals surface area contributed by atoms with Crippen LogP contribution in [0.5, 0.6) is 5.75 Å². The molecule has 0 fully saturated rings. The summed E-state index contributed by atoms with van der Waals surface area (Å²) in [6.07, 6.45) is 0. The van der Waals surface area contributed by atoms with Crippen LogP contribution in [0.15, 0.2) is 24.8 Å². The van der Waals surface area contributed by atoms with Gasteiger partial charge in [0.1, 0.15) is 5.75 Å². The molecule has 0 saturated carbocycles. The van der Waals surface area contributed by atoms with E-state index in [-0.39, 0.29) is 0 Å². The van der Waals surface area contributed by atoms with Crippen molar-refractivity contribution in [3.05, 3.63) is 30.3 Å². The Morgan fingerprint density at radius 1 is 1.50 bits per heavy atom. The van der Waals surface area contributed by atoms with Crippen LogP contribution in [0.2, 0.25) is 0 Å². The first-order chi connectivity index (χ1) is 5.66. The van der Waals surface area contributed by atoms with E-state index in [2.05, 4.69) is 6.58 Å². The monoisotopic (exact) mass is 163 g/mol. The Balaban J connectivity index is 3.29. The van der Waals surface area contributed by atoms with Gasteiger partial charge < -0.3 is 10.5 Å². The van der Waals surface area contributed by atoms with E-state index >= 15 is 0 Å². The Kier molecular flexibility index (Phi) is 2.38. The summed E-state index contributed by atoms with van der Waals surface area (Å²) in [5.41, 5.74) is 8.29. The predicted octanol–water partition coefficient (Wildman–Crippen LogP) is 2.31. The lowest BCUT2D eigenvalue weighted by molar-refractivity contribution is 0.414. The molecule has 0 aliphatic rings. The predicted molar refractivity (Wildman–Crippen MR) is 52.1 cm³/mol. The Morgan fingerprint density at radius 3 is 2.58 bits per heavy atom. The number of allylic oxidation sites excluding steroid dienone is 1. The minimum Gasteiger partial charge on any atom is -0.496 e. The second kappa shape index (κ2) is 3.30. The van der Waals surface area contributed by atoms with Crippen LogP contribution in [0.1, 0.15) is 12.5 Å². The van der Waals surface area contributed by atoms with Crippen molar-refractivity contribution in [3.63, 3.8) is 0 Å². The number of hydrogen-bond acceptors (Lipinski definition) is 2. The summed E-state index contributed by atoms with van der Waals surface area (Å²) in [6, 6.07) is 5.58. The Labute approximate surface area is 72.7 Å². The molecule has 0 spiro atoms. The number of rotatable bonds is 2. The van der Waals surface area contributed by atoms with Crippen LogP contribution in [-0.4, -0.2) is 7.11 Å². The number of nitrogen functional groups attached to an aromatic ring is 1. The van der Waals surface area contributed by atoms with Crippen LogP contribution in [-0.2, 0) is 0 Å². The fourth-order valence-corrected chi connectivity index (χ4v) is 1.17. The molecular formula is C10H13NO. The molecule has 0 atom stereocenters. The summed E-state index contributed by atoms with van der Waals surface area (Å²) in [5.74, 6) is 0.780. The smallest absolute Gasteiger partial charge is 0.128 e. The van der Waals surface area contributed by atoms with Crippen LogP contribution in [0.25, 0.3) is 5.57 Å². The fourth-order valence-electron chi connectivity index (χ4n) is 1.17. The fraction of sp³-hybridized carbons (Fsp3) is 0.200. The van der Waals surface area contributed by atoms with Gasteiger partial charge in [0.15, 0.2) is 0 Å².